The maximum Gasteiger partial charge on any atom is 0.261 e. The Morgan fingerprint density at radius 3 is 2.83 bits per heavy atom. The smallest absolute Gasteiger partial charge is 0.261 e. The van der Waals surface area contributed by atoms with Gasteiger partial charge in [-0.05, 0) is 37.1 Å². The van der Waals surface area contributed by atoms with Crippen LogP contribution in [-0.4, -0.2) is 36.6 Å². The maximum absolute atomic E-state index is 12.4. The summed E-state index contributed by atoms with van der Waals surface area (Å²) in [4.78, 5) is 28.8. The molecule has 0 fully saturated rings. The van der Waals surface area contributed by atoms with Crippen LogP contribution in [0.15, 0.2) is 59.8 Å². The summed E-state index contributed by atoms with van der Waals surface area (Å²) < 4.78 is 3.52. The van der Waals surface area contributed by atoms with E-state index in [9.17, 15) is 9.59 Å². The lowest BCUT2D eigenvalue weighted by atomic mass is 10.2. The van der Waals surface area contributed by atoms with Gasteiger partial charge in [0, 0.05) is 32.1 Å². The van der Waals surface area contributed by atoms with Crippen molar-refractivity contribution < 1.29 is 4.79 Å². The molecule has 0 radical (unpaired) electrons. The number of benzene rings is 1. The number of nitrogens with zero attached hydrogens (tertiary/aromatic N) is 5. The summed E-state index contributed by atoms with van der Waals surface area (Å²) in [5, 5.41) is 11.8. The molecule has 0 aliphatic heterocycles. The molecule has 3 aromatic heterocycles. The van der Waals surface area contributed by atoms with E-state index >= 15 is 0 Å². The third kappa shape index (κ3) is 4.31. The third-order valence-electron chi connectivity index (χ3n) is 4.82. The molecule has 0 spiro atoms. The van der Waals surface area contributed by atoms with E-state index in [0.29, 0.717) is 36.8 Å². The van der Waals surface area contributed by atoms with Crippen LogP contribution in [0.5, 0.6) is 0 Å². The minimum atomic E-state index is -0.0726. The average molecular weight is 390 g/mol. The number of hydrogen-bond acceptors (Lipinski definition) is 5. The monoisotopic (exact) mass is 390 g/mol. The van der Waals surface area contributed by atoms with E-state index in [1.807, 2.05) is 47.0 Å². The minimum absolute atomic E-state index is 0.0158. The Morgan fingerprint density at radius 1 is 1.03 bits per heavy atom. The van der Waals surface area contributed by atoms with Crippen molar-refractivity contribution in [1.82, 2.24) is 29.5 Å². The van der Waals surface area contributed by atoms with Crippen molar-refractivity contribution in [2.45, 2.75) is 32.2 Å². The fourth-order valence-electron chi connectivity index (χ4n) is 3.30. The second kappa shape index (κ2) is 8.64. The van der Waals surface area contributed by atoms with E-state index in [1.165, 1.54) is 0 Å². The van der Waals surface area contributed by atoms with E-state index in [4.69, 9.17) is 0 Å². The highest BCUT2D eigenvalue weighted by Crippen LogP contribution is 2.06. The molecule has 8 heteroatoms. The number of rotatable bonds is 8. The van der Waals surface area contributed by atoms with Crippen molar-refractivity contribution in [3.8, 4) is 0 Å². The number of amides is 1. The van der Waals surface area contributed by atoms with Crippen molar-refractivity contribution in [2.24, 2.45) is 0 Å². The molecule has 8 nitrogen and oxygen atoms in total. The van der Waals surface area contributed by atoms with Crippen LogP contribution in [0.2, 0.25) is 0 Å². The van der Waals surface area contributed by atoms with Crippen molar-refractivity contribution in [1.29, 1.82) is 0 Å². The Labute approximate surface area is 167 Å². The molecular formula is C21H22N6O2. The molecule has 1 N–H and O–H groups in total. The lowest BCUT2D eigenvalue weighted by Crippen LogP contribution is -2.26. The number of aromatic nitrogens is 5. The van der Waals surface area contributed by atoms with E-state index in [-0.39, 0.29) is 11.5 Å². The summed E-state index contributed by atoms with van der Waals surface area (Å²) in [6.45, 7) is 1.05. The van der Waals surface area contributed by atoms with Gasteiger partial charge in [-0.2, -0.15) is 0 Å². The first-order valence-corrected chi connectivity index (χ1v) is 9.72. The number of carbonyl (C=O) groups excluding carboxylic acids is 1. The molecular weight excluding hydrogens is 368 g/mol. The molecule has 0 atom stereocenters. The number of hydrogen-bond donors (Lipinski definition) is 1. The highest BCUT2D eigenvalue weighted by molar-refractivity contribution is 5.77. The molecule has 148 valence electrons. The summed E-state index contributed by atoms with van der Waals surface area (Å²) >= 11 is 0. The molecule has 1 amide bonds. The molecule has 29 heavy (non-hydrogen) atoms. The maximum atomic E-state index is 12.4. The van der Waals surface area contributed by atoms with Gasteiger partial charge in [-0.25, -0.2) is 4.98 Å². The summed E-state index contributed by atoms with van der Waals surface area (Å²) in [6, 6.07) is 13.0. The van der Waals surface area contributed by atoms with Gasteiger partial charge in [0.15, 0.2) is 5.65 Å². The van der Waals surface area contributed by atoms with Gasteiger partial charge >= 0.3 is 0 Å². The van der Waals surface area contributed by atoms with Gasteiger partial charge < -0.3 is 5.32 Å². The zero-order valence-electron chi connectivity index (χ0n) is 16.0. The molecule has 0 saturated heterocycles. The largest absolute Gasteiger partial charge is 0.356 e. The molecule has 3 heterocycles. The van der Waals surface area contributed by atoms with Crippen molar-refractivity contribution in [3.63, 3.8) is 0 Å². The number of carbonyl (C=O) groups is 1. The normalized spacial score (nSPS) is 11.2. The fourth-order valence-corrected chi connectivity index (χ4v) is 3.30. The molecule has 0 bridgehead atoms. The molecule has 0 unspecified atom stereocenters. The zero-order valence-corrected chi connectivity index (χ0v) is 16.0. The molecule has 4 rings (SSSR count). The lowest BCUT2D eigenvalue weighted by Gasteiger charge is -2.07. The fraction of sp³-hybridized carbons (Fsp3) is 0.286. The topological polar surface area (TPSA) is 94.2 Å². The van der Waals surface area contributed by atoms with Crippen LogP contribution in [0.4, 0.5) is 0 Å². The first-order valence-electron chi connectivity index (χ1n) is 9.72. The highest BCUT2D eigenvalue weighted by atomic mass is 16.1. The number of pyridine rings is 1. The number of nitrogens with one attached hydrogen (secondary N) is 1. The Morgan fingerprint density at radius 2 is 1.90 bits per heavy atom. The third-order valence-corrected chi connectivity index (χ3v) is 4.82. The predicted molar refractivity (Wildman–Crippen MR) is 110 cm³/mol. The van der Waals surface area contributed by atoms with Crippen molar-refractivity contribution >= 4 is 22.5 Å². The standard InChI is InChI=1S/C21H22N6O2/c28-20(22-12-5-10-19-25-24-18-9-3-4-14-27(18)19)11-6-13-26-15-23-17-8-2-1-7-16(17)21(26)29/h1-4,7-9,14-15H,5-6,10-13H2,(H,22,28). The Hall–Kier alpha value is -3.55. The minimum Gasteiger partial charge on any atom is -0.356 e. The van der Waals surface area contributed by atoms with Crippen LogP contribution in [-0.2, 0) is 17.8 Å². The second-order valence-electron chi connectivity index (χ2n) is 6.86. The SMILES string of the molecule is O=C(CCCn1cnc2ccccc2c1=O)NCCCc1nnc2ccccn12. The van der Waals surface area contributed by atoms with Crippen LogP contribution in [0.1, 0.15) is 25.1 Å². The first kappa shape index (κ1) is 18.8. The Bertz CT molecular complexity index is 1200. The van der Waals surface area contributed by atoms with Gasteiger partial charge in [0.05, 0.1) is 17.2 Å². The summed E-state index contributed by atoms with van der Waals surface area (Å²) in [7, 11) is 0. The van der Waals surface area contributed by atoms with E-state index < -0.39 is 0 Å². The summed E-state index contributed by atoms with van der Waals surface area (Å²) in [6.07, 6.45) is 5.96. The zero-order chi connectivity index (χ0) is 20.1. The predicted octanol–water partition coefficient (Wildman–Crippen LogP) is 1.97. The van der Waals surface area contributed by atoms with Gasteiger partial charge in [0.25, 0.3) is 5.56 Å². The quantitative estimate of drug-likeness (QED) is 0.464. The number of fused-ring (bicyclic) bond motifs is 2. The number of aryl methyl sites for hydroxylation is 2. The van der Waals surface area contributed by atoms with Crippen LogP contribution in [0.25, 0.3) is 16.6 Å². The molecule has 0 saturated carbocycles. The van der Waals surface area contributed by atoms with Gasteiger partial charge in [-0.3, -0.25) is 18.6 Å². The van der Waals surface area contributed by atoms with Crippen LogP contribution in [0, 0.1) is 0 Å². The van der Waals surface area contributed by atoms with E-state index in [0.717, 1.165) is 24.3 Å². The van der Waals surface area contributed by atoms with Gasteiger partial charge in [-0.15, -0.1) is 10.2 Å². The lowest BCUT2D eigenvalue weighted by molar-refractivity contribution is -0.121. The van der Waals surface area contributed by atoms with Gasteiger partial charge in [-0.1, -0.05) is 18.2 Å². The summed E-state index contributed by atoms with van der Waals surface area (Å²) in [5.41, 5.74) is 1.44. The van der Waals surface area contributed by atoms with Gasteiger partial charge in [0.2, 0.25) is 5.91 Å². The summed E-state index contributed by atoms with van der Waals surface area (Å²) in [5.74, 6) is 0.871. The van der Waals surface area contributed by atoms with Gasteiger partial charge in [0.1, 0.15) is 5.82 Å². The second-order valence-corrected chi connectivity index (χ2v) is 6.86. The van der Waals surface area contributed by atoms with Crippen LogP contribution < -0.4 is 10.9 Å². The van der Waals surface area contributed by atoms with E-state index in [2.05, 4.69) is 20.5 Å². The molecule has 0 aliphatic carbocycles. The first-order chi connectivity index (χ1) is 14.2. The van der Waals surface area contributed by atoms with Crippen LogP contribution >= 0.6 is 0 Å². The highest BCUT2D eigenvalue weighted by Gasteiger charge is 2.07. The molecule has 0 aliphatic rings. The molecule has 4 aromatic rings. The Kier molecular flexibility index (Phi) is 5.60. The molecule has 1 aromatic carbocycles. The van der Waals surface area contributed by atoms with Crippen molar-refractivity contribution in [3.05, 3.63) is 71.2 Å². The van der Waals surface area contributed by atoms with Crippen molar-refractivity contribution in [2.75, 3.05) is 6.54 Å². The van der Waals surface area contributed by atoms with E-state index in [1.54, 1.807) is 17.0 Å². The van der Waals surface area contributed by atoms with Crippen LogP contribution in [0.3, 0.4) is 0 Å². The number of para-hydroxylation sites is 1. The Balaban J connectivity index is 1.21. The average Bonchev–Trinajstić information content (AvgIpc) is 3.16.